The number of aliphatic hydroxyl groups is 1. The minimum atomic E-state index is -1.53. The monoisotopic (exact) mass is 233 g/mol. The van der Waals surface area contributed by atoms with Gasteiger partial charge in [0, 0.05) is 0 Å². The molecule has 1 aromatic carbocycles. The number of aliphatic hydroxyl groups excluding tert-OH is 1. The molecule has 2 atom stereocenters. The van der Waals surface area contributed by atoms with Crippen molar-refractivity contribution in [1.29, 1.82) is 0 Å². The van der Waals surface area contributed by atoms with Gasteiger partial charge >= 0.3 is 0 Å². The van der Waals surface area contributed by atoms with E-state index < -0.39 is 29.6 Å². The van der Waals surface area contributed by atoms with Crippen LogP contribution in [0.2, 0.25) is 0 Å². The molecule has 0 aliphatic carbocycles. The molecule has 16 heavy (non-hydrogen) atoms. The van der Waals surface area contributed by atoms with Crippen LogP contribution >= 0.6 is 0 Å². The number of rotatable bonds is 4. The zero-order valence-corrected chi connectivity index (χ0v) is 8.88. The first kappa shape index (κ1) is 13.0. The van der Waals surface area contributed by atoms with E-state index in [1.807, 2.05) is 6.92 Å². The Morgan fingerprint density at radius 3 is 2.19 bits per heavy atom. The molecule has 5 heteroatoms. The Balaban J connectivity index is 2.96. The lowest BCUT2D eigenvalue weighted by Crippen LogP contribution is -2.26. The number of nitrogens with two attached hydrogens (primary N) is 1. The van der Waals surface area contributed by atoms with Crippen molar-refractivity contribution in [2.45, 2.75) is 31.9 Å². The van der Waals surface area contributed by atoms with Crippen molar-refractivity contribution in [2.75, 3.05) is 0 Å². The first-order chi connectivity index (χ1) is 7.47. The molecule has 0 aliphatic heterocycles. The second-order valence-corrected chi connectivity index (χ2v) is 3.68. The average Bonchev–Trinajstić information content (AvgIpc) is 2.24. The van der Waals surface area contributed by atoms with Gasteiger partial charge in [0.2, 0.25) is 0 Å². The smallest absolute Gasteiger partial charge is 0.194 e. The summed E-state index contributed by atoms with van der Waals surface area (Å²) in [5, 5.41) is 9.56. The number of hydrogen-bond acceptors (Lipinski definition) is 2. The lowest BCUT2D eigenvalue weighted by atomic mass is 9.99. The molecule has 1 aromatic rings. The third-order valence-corrected chi connectivity index (χ3v) is 2.39. The van der Waals surface area contributed by atoms with Gasteiger partial charge < -0.3 is 10.8 Å². The van der Waals surface area contributed by atoms with Crippen molar-refractivity contribution in [3.63, 3.8) is 0 Å². The van der Waals surface area contributed by atoms with Crippen LogP contribution in [0.4, 0.5) is 13.2 Å². The molecule has 0 aliphatic rings. The third-order valence-electron chi connectivity index (χ3n) is 2.39. The van der Waals surface area contributed by atoms with E-state index in [1.165, 1.54) is 0 Å². The number of benzene rings is 1. The summed E-state index contributed by atoms with van der Waals surface area (Å²) in [6.45, 7) is 1.85. The Kier molecular flexibility index (Phi) is 4.32. The van der Waals surface area contributed by atoms with Crippen LogP contribution < -0.4 is 5.73 Å². The van der Waals surface area contributed by atoms with Crippen LogP contribution in [-0.2, 0) is 0 Å². The zero-order chi connectivity index (χ0) is 12.3. The molecule has 0 amide bonds. The number of hydrogen-bond donors (Lipinski definition) is 2. The third kappa shape index (κ3) is 2.74. The summed E-state index contributed by atoms with van der Waals surface area (Å²) in [5.74, 6) is -4.12. The highest BCUT2D eigenvalue weighted by Crippen LogP contribution is 2.21. The molecule has 0 heterocycles. The Bertz CT molecular complexity index is 347. The van der Waals surface area contributed by atoms with Gasteiger partial charge in [0.1, 0.15) is 0 Å². The maximum Gasteiger partial charge on any atom is 0.194 e. The van der Waals surface area contributed by atoms with Gasteiger partial charge in [-0.25, -0.2) is 13.2 Å². The number of halogens is 3. The van der Waals surface area contributed by atoms with Crippen molar-refractivity contribution in [2.24, 2.45) is 5.73 Å². The molecule has 90 valence electrons. The van der Waals surface area contributed by atoms with Crippen LogP contribution in [0.5, 0.6) is 0 Å². The van der Waals surface area contributed by atoms with Crippen LogP contribution in [0.3, 0.4) is 0 Å². The van der Waals surface area contributed by atoms with E-state index in [-0.39, 0.29) is 5.56 Å². The Hall–Kier alpha value is -1.07. The topological polar surface area (TPSA) is 46.2 Å². The summed E-state index contributed by atoms with van der Waals surface area (Å²) >= 11 is 0. The molecule has 0 spiro atoms. The van der Waals surface area contributed by atoms with E-state index in [9.17, 15) is 18.3 Å². The molecule has 3 N–H and O–H groups in total. The Morgan fingerprint density at radius 2 is 1.75 bits per heavy atom. The molecule has 0 saturated carbocycles. The van der Waals surface area contributed by atoms with Gasteiger partial charge in [0.05, 0.1) is 12.1 Å². The minimum Gasteiger partial charge on any atom is -0.391 e. The predicted octanol–water partition coefficient (Wildman–Crippen LogP) is 2.26. The van der Waals surface area contributed by atoms with E-state index in [4.69, 9.17) is 5.73 Å². The summed E-state index contributed by atoms with van der Waals surface area (Å²) < 4.78 is 38.5. The summed E-state index contributed by atoms with van der Waals surface area (Å²) in [7, 11) is 0. The molecule has 0 bridgehead atoms. The standard InChI is InChI=1S/C11H14F3NO/c1-2-3-9(16)11(15)6-4-7(12)10(14)8(13)5-6/h4-5,9,11,16H,2-3,15H2,1H3/t9-,11+/m0/s1. The van der Waals surface area contributed by atoms with Gasteiger partial charge in [-0.2, -0.15) is 0 Å². The van der Waals surface area contributed by atoms with Crippen LogP contribution in [-0.4, -0.2) is 11.2 Å². The van der Waals surface area contributed by atoms with Gasteiger partial charge in [-0.05, 0) is 24.1 Å². The highest BCUT2D eigenvalue weighted by Gasteiger charge is 2.19. The quantitative estimate of drug-likeness (QED) is 0.783. The van der Waals surface area contributed by atoms with Crippen molar-refractivity contribution in [3.05, 3.63) is 35.1 Å². The normalized spacial score (nSPS) is 14.9. The summed E-state index contributed by atoms with van der Waals surface area (Å²) in [5.41, 5.74) is 5.66. The highest BCUT2D eigenvalue weighted by atomic mass is 19.2. The summed E-state index contributed by atoms with van der Waals surface area (Å²) in [6, 6.07) is 0.703. The predicted molar refractivity (Wildman–Crippen MR) is 54.2 cm³/mol. The molecular weight excluding hydrogens is 219 g/mol. The van der Waals surface area contributed by atoms with Crippen LogP contribution in [0.1, 0.15) is 31.4 Å². The second-order valence-electron chi connectivity index (χ2n) is 3.68. The lowest BCUT2D eigenvalue weighted by molar-refractivity contribution is 0.134. The zero-order valence-electron chi connectivity index (χ0n) is 8.88. The molecular formula is C11H14F3NO. The van der Waals surface area contributed by atoms with E-state index in [1.54, 1.807) is 0 Å². The molecule has 0 aromatic heterocycles. The molecule has 0 unspecified atom stereocenters. The molecule has 2 nitrogen and oxygen atoms in total. The maximum atomic E-state index is 12.9. The van der Waals surface area contributed by atoms with Gasteiger partial charge in [0.25, 0.3) is 0 Å². The van der Waals surface area contributed by atoms with Crippen molar-refractivity contribution < 1.29 is 18.3 Å². The van der Waals surface area contributed by atoms with Crippen LogP contribution in [0, 0.1) is 17.5 Å². The minimum absolute atomic E-state index is 0.0531. The summed E-state index contributed by atoms with van der Waals surface area (Å²) in [4.78, 5) is 0. The first-order valence-corrected chi connectivity index (χ1v) is 5.05. The van der Waals surface area contributed by atoms with E-state index in [2.05, 4.69) is 0 Å². The first-order valence-electron chi connectivity index (χ1n) is 5.05. The van der Waals surface area contributed by atoms with Crippen molar-refractivity contribution >= 4 is 0 Å². The molecule has 1 rings (SSSR count). The van der Waals surface area contributed by atoms with Gasteiger partial charge in [0.15, 0.2) is 17.5 Å². The Labute approximate surface area is 91.9 Å². The fourth-order valence-electron chi connectivity index (χ4n) is 1.47. The fraction of sp³-hybridized carbons (Fsp3) is 0.455. The Morgan fingerprint density at radius 1 is 1.25 bits per heavy atom. The van der Waals surface area contributed by atoms with Crippen molar-refractivity contribution in [1.82, 2.24) is 0 Å². The SMILES string of the molecule is CCC[C@H](O)[C@H](N)c1cc(F)c(F)c(F)c1. The largest absolute Gasteiger partial charge is 0.391 e. The summed E-state index contributed by atoms with van der Waals surface area (Å²) in [6.07, 6.45) is 0.220. The second kappa shape index (κ2) is 5.32. The lowest BCUT2D eigenvalue weighted by Gasteiger charge is -2.18. The van der Waals surface area contributed by atoms with Crippen LogP contribution in [0.15, 0.2) is 12.1 Å². The molecule has 0 radical (unpaired) electrons. The van der Waals surface area contributed by atoms with Crippen molar-refractivity contribution in [3.8, 4) is 0 Å². The van der Waals surface area contributed by atoms with E-state index in [0.717, 1.165) is 12.1 Å². The van der Waals surface area contributed by atoms with Gasteiger partial charge in [-0.3, -0.25) is 0 Å². The fourth-order valence-corrected chi connectivity index (χ4v) is 1.47. The molecule has 0 fully saturated rings. The van der Waals surface area contributed by atoms with E-state index >= 15 is 0 Å². The molecule has 0 saturated heterocycles. The van der Waals surface area contributed by atoms with E-state index in [0.29, 0.717) is 12.8 Å². The highest BCUT2D eigenvalue weighted by molar-refractivity contribution is 5.23. The van der Waals surface area contributed by atoms with Gasteiger partial charge in [-0.15, -0.1) is 0 Å². The maximum absolute atomic E-state index is 12.9. The van der Waals surface area contributed by atoms with Gasteiger partial charge in [-0.1, -0.05) is 13.3 Å². The van der Waals surface area contributed by atoms with Crippen LogP contribution in [0.25, 0.3) is 0 Å². The average molecular weight is 233 g/mol.